The first-order valence-electron chi connectivity index (χ1n) is 16.7. The van der Waals surface area contributed by atoms with E-state index in [1.807, 2.05) is 18.2 Å². The summed E-state index contributed by atoms with van der Waals surface area (Å²) in [5.74, 6) is 1.08. The van der Waals surface area contributed by atoms with Gasteiger partial charge in [-0.3, -0.25) is 4.90 Å². The van der Waals surface area contributed by atoms with Crippen molar-refractivity contribution < 1.29 is 13.9 Å². The number of benzene rings is 2. The van der Waals surface area contributed by atoms with Gasteiger partial charge < -0.3 is 24.7 Å². The molecule has 2 N–H and O–H groups in total. The molecular formula is C35H33ClFN7O2S. The van der Waals surface area contributed by atoms with Crippen LogP contribution in [0.2, 0.25) is 5.02 Å². The Morgan fingerprint density at radius 1 is 1.17 bits per heavy atom. The second-order valence-corrected chi connectivity index (χ2v) is 15.3. The van der Waals surface area contributed by atoms with E-state index in [0.717, 1.165) is 85.0 Å². The fourth-order valence-electron chi connectivity index (χ4n) is 9.25. The normalized spacial score (nSPS) is 24.7. The van der Waals surface area contributed by atoms with Gasteiger partial charge in [0.1, 0.15) is 35.4 Å². The van der Waals surface area contributed by atoms with Crippen LogP contribution < -0.4 is 19.7 Å². The fourth-order valence-corrected chi connectivity index (χ4v) is 10.7. The summed E-state index contributed by atoms with van der Waals surface area (Å²) >= 11 is 8.80. The van der Waals surface area contributed by atoms with Gasteiger partial charge in [-0.2, -0.15) is 15.2 Å². The minimum absolute atomic E-state index is 0.000140. The molecule has 240 valence electrons. The van der Waals surface area contributed by atoms with Crippen LogP contribution in [-0.2, 0) is 0 Å². The van der Waals surface area contributed by atoms with Crippen molar-refractivity contribution in [3.63, 3.8) is 0 Å². The Balaban J connectivity index is 1.20. The van der Waals surface area contributed by atoms with Crippen LogP contribution in [0.1, 0.15) is 44.1 Å². The van der Waals surface area contributed by atoms with Gasteiger partial charge in [-0.1, -0.05) is 23.7 Å². The van der Waals surface area contributed by atoms with Crippen LogP contribution in [-0.4, -0.2) is 76.9 Å². The third-order valence-electron chi connectivity index (χ3n) is 11.5. The monoisotopic (exact) mass is 669 g/mol. The number of nitriles is 1. The summed E-state index contributed by atoms with van der Waals surface area (Å²) < 4.78 is 31.5. The number of aromatic nitrogens is 3. The Kier molecular flexibility index (Phi) is 6.27. The van der Waals surface area contributed by atoms with Crippen molar-refractivity contribution >= 4 is 60.0 Å². The maximum absolute atomic E-state index is 17.4. The molecule has 4 saturated heterocycles. The molecule has 8 heterocycles. The molecular weight excluding hydrogens is 637 g/mol. The molecule has 0 aliphatic carbocycles. The molecule has 0 radical (unpaired) electrons. The van der Waals surface area contributed by atoms with E-state index in [2.05, 4.69) is 26.2 Å². The molecule has 12 heteroatoms. The predicted molar refractivity (Wildman–Crippen MR) is 181 cm³/mol. The molecule has 3 atom stereocenters. The zero-order valence-electron chi connectivity index (χ0n) is 25.7. The molecule has 0 amide bonds. The first-order valence-corrected chi connectivity index (χ1v) is 17.9. The molecule has 47 heavy (non-hydrogen) atoms. The lowest BCUT2D eigenvalue weighted by Gasteiger charge is -2.34. The number of fused-ring (bicyclic) bond motifs is 9. The van der Waals surface area contributed by atoms with Crippen LogP contribution in [0, 0.1) is 23.1 Å². The fraction of sp³-hybridized carbons (Fsp3) is 0.457. The lowest BCUT2D eigenvalue weighted by molar-refractivity contribution is 0.108. The summed E-state index contributed by atoms with van der Waals surface area (Å²) in [7, 11) is 0. The van der Waals surface area contributed by atoms with Crippen molar-refractivity contribution in [2.75, 3.05) is 44.3 Å². The van der Waals surface area contributed by atoms with Crippen LogP contribution >= 0.6 is 22.9 Å². The van der Waals surface area contributed by atoms with Gasteiger partial charge in [0.05, 0.1) is 27.6 Å². The zero-order chi connectivity index (χ0) is 31.4. The van der Waals surface area contributed by atoms with Gasteiger partial charge in [0, 0.05) is 39.8 Å². The van der Waals surface area contributed by atoms with Crippen molar-refractivity contribution in [1.29, 1.82) is 5.26 Å². The Bertz CT molecular complexity index is 2150. The Hall–Kier alpha value is -3.69. The van der Waals surface area contributed by atoms with Gasteiger partial charge in [-0.05, 0) is 75.7 Å². The van der Waals surface area contributed by atoms with E-state index >= 15 is 4.39 Å². The molecule has 5 aromatic rings. The maximum Gasteiger partial charge on any atom is 0.319 e. The van der Waals surface area contributed by atoms with E-state index in [1.54, 1.807) is 6.20 Å². The number of thiophene rings is 1. The smallest absolute Gasteiger partial charge is 0.319 e. The summed E-state index contributed by atoms with van der Waals surface area (Å²) in [6.07, 6.45) is 8.27. The van der Waals surface area contributed by atoms with E-state index in [4.69, 9.17) is 31.0 Å². The molecule has 4 fully saturated rings. The first-order chi connectivity index (χ1) is 23.0. The van der Waals surface area contributed by atoms with Crippen molar-refractivity contribution in [3.05, 3.63) is 40.8 Å². The number of nitrogens with one attached hydrogen (secondary N) is 2. The van der Waals surface area contributed by atoms with Gasteiger partial charge in [-0.15, -0.1) is 11.3 Å². The molecule has 5 aliphatic rings. The van der Waals surface area contributed by atoms with E-state index in [9.17, 15) is 5.26 Å². The highest BCUT2D eigenvalue weighted by Crippen LogP contribution is 2.52. The van der Waals surface area contributed by atoms with Crippen LogP contribution in [0.4, 0.5) is 10.2 Å². The van der Waals surface area contributed by atoms with Crippen molar-refractivity contribution in [2.45, 2.75) is 56.1 Å². The largest absolute Gasteiger partial charge is 0.489 e. The van der Waals surface area contributed by atoms with Crippen LogP contribution in [0.25, 0.3) is 42.3 Å². The maximum atomic E-state index is 17.4. The molecule has 3 unspecified atom stereocenters. The van der Waals surface area contributed by atoms with Gasteiger partial charge in [0.2, 0.25) is 0 Å². The number of H-pyrrole nitrogens is 1. The summed E-state index contributed by atoms with van der Waals surface area (Å²) in [4.78, 5) is 18.8. The third kappa shape index (κ3) is 4.05. The highest BCUT2D eigenvalue weighted by Gasteiger charge is 2.46. The van der Waals surface area contributed by atoms with E-state index in [1.165, 1.54) is 11.3 Å². The minimum atomic E-state index is -0.541. The minimum Gasteiger partial charge on any atom is -0.489 e. The summed E-state index contributed by atoms with van der Waals surface area (Å²) in [6, 6.07) is 8.46. The number of hydrogen-bond acceptors (Lipinski definition) is 9. The summed E-state index contributed by atoms with van der Waals surface area (Å²) in [5, 5.41) is 15.9. The molecule has 5 aliphatic heterocycles. The molecule has 9 nitrogen and oxygen atoms in total. The second-order valence-electron chi connectivity index (χ2n) is 13.9. The number of anilines is 1. The number of hydrogen-bond donors (Lipinski definition) is 2. The lowest BCUT2D eigenvalue weighted by atomic mass is 9.95. The Labute approximate surface area is 279 Å². The predicted octanol–water partition coefficient (Wildman–Crippen LogP) is 6.61. The van der Waals surface area contributed by atoms with E-state index in [-0.39, 0.29) is 39.7 Å². The van der Waals surface area contributed by atoms with Gasteiger partial charge in [0.25, 0.3) is 0 Å². The lowest BCUT2D eigenvalue weighted by Crippen LogP contribution is -2.51. The highest BCUT2D eigenvalue weighted by molar-refractivity contribution is 7.25. The second kappa shape index (κ2) is 10.4. The average molecular weight is 670 g/mol. The van der Waals surface area contributed by atoms with Crippen molar-refractivity contribution in [1.82, 2.24) is 25.2 Å². The molecule has 2 aromatic carbocycles. The number of halogens is 2. The molecule has 0 saturated carbocycles. The van der Waals surface area contributed by atoms with Gasteiger partial charge >= 0.3 is 6.01 Å². The summed E-state index contributed by atoms with van der Waals surface area (Å²) in [6.45, 7) is 4.83. The van der Waals surface area contributed by atoms with Gasteiger partial charge in [0.15, 0.2) is 11.6 Å². The van der Waals surface area contributed by atoms with Crippen molar-refractivity contribution in [3.8, 4) is 29.0 Å². The van der Waals surface area contributed by atoms with E-state index < -0.39 is 5.82 Å². The van der Waals surface area contributed by atoms with E-state index in [0.29, 0.717) is 47.2 Å². The van der Waals surface area contributed by atoms with Crippen molar-refractivity contribution in [2.24, 2.45) is 5.92 Å². The Morgan fingerprint density at radius 2 is 2.04 bits per heavy atom. The van der Waals surface area contributed by atoms with Crippen LogP contribution in [0.15, 0.2) is 24.4 Å². The topological polar surface area (TPSA) is 102 Å². The average Bonchev–Trinajstić information content (AvgIpc) is 3.87. The van der Waals surface area contributed by atoms with Crippen LogP contribution in [0.5, 0.6) is 11.8 Å². The highest BCUT2D eigenvalue weighted by atomic mass is 35.5. The number of aromatic amines is 1. The first kappa shape index (κ1) is 28.3. The molecule has 2 bridgehead atoms. The Morgan fingerprint density at radius 3 is 2.89 bits per heavy atom. The quantitative estimate of drug-likeness (QED) is 0.220. The number of nitrogens with zero attached hydrogens (tertiary/aromatic N) is 5. The number of ether oxygens (including phenoxy) is 2. The zero-order valence-corrected chi connectivity index (χ0v) is 27.3. The molecule has 10 rings (SSSR count). The van der Waals surface area contributed by atoms with Gasteiger partial charge in [-0.25, -0.2) is 4.39 Å². The molecule has 0 spiro atoms. The SMILES string of the molecule is N#Cc1c[nH]c2sc3cccc(-c4c(Cl)c5c6c(nc(OCC78CCCN7CCC8)nc6c4F)N4CCC6CNC(C6)C4CO5)c3c12. The third-order valence-corrected chi connectivity index (χ3v) is 13.0. The molecule has 3 aromatic heterocycles. The van der Waals surface area contributed by atoms with Crippen LogP contribution in [0.3, 0.4) is 0 Å². The standard InChI is InChI=1S/C35H33ClFN7O2S/c36-28-26(20-4-1-5-23-25(20)24-19(13-38)15-40-33(24)47-23)29(37)30-27-31(28)45-16-22-21-12-18(14-39-21)6-11-44(22)32(27)42-34(41-30)46-17-35-7-2-9-43(35)10-3-8-35/h1,4-5,15,18,21-22,39-40H,2-3,6-12,14,16-17H2. The number of rotatable bonds is 4. The summed E-state index contributed by atoms with van der Waals surface area (Å²) in [5.41, 5.74) is 1.46.